The van der Waals surface area contributed by atoms with E-state index in [1.165, 1.54) is 38.2 Å². The molecule has 1 saturated carbocycles. The van der Waals surface area contributed by atoms with Crippen molar-refractivity contribution in [2.45, 2.75) is 45.1 Å². The van der Waals surface area contributed by atoms with E-state index in [0.717, 1.165) is 24.4 Å². The van der Waals surface area contributed by atoms with Crippen molar-refractivity contribution in [3.63, 3.8) is 0 Å². The quantitative estimate of drug-likeness (QED) is 0.909. The number of anilines is 1. The van der Waals surface area contributed by atoms with E-state index in [0.29, 0.717) is 11.5 Å². The van der Waals surface area contributed by atoms with Gasteiger partial charge in [-0.25, -0.2) is 9.37 Å². The lowest BCUT2D eigenvalue weighted by molar-refractivity contribution is 0.462. The summed E-state index contributed by atoms with van der Waals surface area (Å²) in [5.41, 5.74) is 7.33. The molecule has 0 unspecified atom stereocenters. The number of aryl methyl sites for hydroxylation is 1. The van der Waals surface area contributed by atoms with Crippen LogP contribution in [-0.4, -0.2) is 9.55 Å². The molecule has 1 aliphatic carbocycles. The lowest BCUT2D eigenvalue weighted by atomic mass is 10.0. The fraction of sp³-hybridized carbons (Fsp3) is 0.533. The molecule has 0 spiro atoms. The Kier molecular flexibility index (Phi) is 3.83. The topological polar surface area (TPSA) is 43.8 Å². The van der Waals surface area contributed by atoms with Gasteiger partial charge in [-0.05, 0) is 24.8 Å². The van der Waals surface area contributed by atoms with Crippen LogP contribution in [-0.2, 0) is 6.54 Å². The molecule has 0 radical (unpaired) electrons. The Morgan fingerprint density at radius 1 is 1.35 bits per heavy atom. The van der Waals surface area contributed by atoms with Gasteiger partial charge < -0.3 is 10.3 Å². The van der Waals surface area contributed by atoms with E-state index in [9.17, 15) is 4.39 Å². The van der Waals surface area contributed by atoms with E-state index < -0.39 is 5.82 Å². The number of rotatable bonds is 4. The van der Waals surface area contributed by atoms with Crippen molar-refractivity contribution in [2.75, 3.05) is 5.73 Å². The lowest BCUT2D eigenvalue weighted by Gasteiger charge is -2.10. The molecule has 0 bridgehead atoms. The first-order valence-electron chi connectivity index (χ1n) is 7.26. The van der Waals surface area contributed by atoms with Gasteiger partial charge in [-0.3, -0.25) is 0 Å². The van der Waals surface area contributed by atoms with E-state index in [2.05, 4.69) is 4.98 Å². The molecule has 1 aliphatic rings. The molecule has 1 heterocycles. The Bertz CT molecular complexity index is 617. The van der Waals surface area contributed by atoms with Crippen LogP contribution in [0.3, 0.4) is 0 Å². The molecule has 108 valence electrons. The fourth-order valence-electron chi connectivity index (χ4n) is 3.21. The van der Waals surface area contributed by atoms with Gasteiger partial charge in [0.05, 0.1) is 16.1 Å². The highest BCUT2D eigenvalue weighted by Crippen LogP contribution is 2.30. The largest absolute Gasteiger partial charge is 0.369 e. The average Bonchev–Trinajstić information content (AvgIpc) is 3.01. The summed E-state index contributed by atoms with van der Waals surface area (Å²) in [5, 5.41) is 0.120. The molecule has 0 amide bonds. The fourth-order valence-corrected chi connectivity index (χ4v) is 3.37. The molecule has 20 heavy (non-hydrogen) atoms. The van der Waals surface area contributed by atoms with E-state index in [1.54, 1.807) is 6.07 Å². The molecule has 1 aromatic heterocycles. The minimum absolute atomic E-state index is 0.120. The molecule has 0 saturated heterocycles. The third-order valence-corrected chi connectivity index (χ3v) is 4.58. The van der Waals surface area contributed by atoms with Crippen molar-refractivity contribution >= 4 is 28.6 Å². The SMILES string of the molecule is Nc1nc2cc(F)c(Cl)cc2n1CCCC1CCCC1. The Balaban J connectivity index is 1.76. The van der Waals surface area contributed by atoms with Crippen LogP contribution < -0.4 is 5.73 Å². The van der Waals surface area contributed by atoms with Crippen molar-refractivity contribution in [3.05, 3.63) is 23.0 Å². The van der Waals surface area contributed by atoms with Crippen LogP contribution in [0.1, 0.15) is 38.5 Å². The van der Waals surface area contributed by atoms with E-state index in [-0.39, 0.29) is 5.02 Å². The normalized spacial score (nSPS) is 16.3. The maximum atomic E-state index is 13.4. The highest BCUT2D eigenvalue weighted by Gasteiger charge is 2.16. The molecule has 0 atom stereocenters. The summed E-state index contributed by atoms with van der Waals surface area (Å²) in [6.45, 7) is 0.820. The maximum Gasteiger partial charge on any atom is 0.201 e. The Morgan fingerprint density at radius 2 is 2.10 bits per heavy atom. The van der Waals surface area contributed by atoms with Gasteiger partial charge in [-0.15, -0.1) is 0 Å². The second-order valence-corrected chi connectivity index (χ2v) is 6.08. The summed E-state index contributed by atoms with van der Waals surface area (Å²) in [6, 6.07) is 2.96. The number of fused-ring (bicyclic) bond motifs is 1. The van der Waals surface area contributed by atoms with Gasteiger partial charge in [0, 0.05) is 12.6 Å². The second-order valence-electron chi connectivity index (χ2n) is 5.67. The van der Waals surface area contributed by atoms with Crippen molar-refractivity contribution in [1.82, 2.24) is 9.55 Å². The first-order chi connectivity index (χ1) is 9.65. The molecule has 1 fully saturated rings. The third kappa shape index (κ3) is 2.62. The van der Waals surface area contributed by atoms with Crippen LogP contribution in [0.4, 0.5) is 10.3 Å². The van der Waals surface area contributed by atoms with Crippen LogP contribution in [0.25, 0.3) is 11.0 Å². The van der Waals surface area contributed by atoms with Crippen molar-refractivity contribution in [1.29, 1.82) is 0 Å². The standard InChI is InChI=1S/C15H19ClFN3/c16-11-8-14-13(9-12(11)17)19-15(18)20(14)7-3-6-10-4-1-2-5-10/h8-10H,1-7H2,(H2,18,19). The summed E-state index contributed by atoms with van der Waals surface area (Å²) < 4.78 is 15.4. The first kappa shape index (κ1) is 13.7. The van der Waals surface area contributed by atoms with Gasteiger partial charge in [-0.2, -0.15) is 0 Å². The van der Waals surface area contributed by atoms with Crippen molar-refractivity contribution < 1.29 is 4.39 Å². The molecule has 2 N–H and O–H groups in total. The van der Waals surface area contributed by atoms with E-state index in [4.69, 9.17) is 17.3 Å². The predicted octanol–water partition coefficient (Wildman–Crippen LogP) is 4.38. The summed E-state index contributed by atoms with van der Waals surface area (Å²) in [4.78, 5) is 4.21. The predicted molar refractivity (Wildman–Crippen MR) is 80.3 cm³/mol. The van der Waals surface area contributed by atoms with Crippen LogP contribution in [0.15, 0.2) is 12.1 Å². The Morgan fingerprint density at radius 3 is 2.85 bits per heavy atom. The minimum Gasteiger partial charge on any atom is -0.369 e. The van der Waals surface area contributed by atoms with E-state index >= 15 is 0 Å². The zero-order valence-electron chi connectivity index (χ0n) is 11.4. The van der Waals surface area contributed by atoms with Gasteiger partial charge in [0.1, 0.15) is 5.82 Å². The smallest absolute Gasteiger partial charge is 0.201 e. The Hall–Kier alpha value is -1.29. The zero-order chi connectivity index (χ0) is 14.1. The maximum absolute atomic E-state index is 13.4. The molecule has 3 nitrogen and oxygen atoms in total. The van der Waals surface area contributed by atoms with Crippen LogP contribution in [0.5, 0.6) is 0 Å². The summed E-state index contributed by atoms with van der Waals surface area (Å²) in [5.74, 6) is 0.856. The summed E-state index contributed by atoms with van der Waals surface area (Å²) >= 11 is 5.85. The van der Waals surface area contributed by atoms with Crippen LogP contribution in [0.2, 0.25) is 5.02 Å². The van der Waals surface area contributed by atoms with Gasteiger partial charge in [0.25, 0.3) is 0 Å². The molecule has 1 aromatic carbocycles. The van der Waals surface area contributed by atoms with Gasteiger partial charge >= 0.3 is 0 Å². The van der Waals surface area contributed by atoms with Crippen LogP contribution in [0, 0.1) is 11.7 Å². The molecule has 0 aliphatic heterocycles. The average molecular weight is 296 g/mol. The zero-order valence-corrected chi connectivity index (χ0v) is 12.2. The first-order valence-corrected chi connectivity index (χ1v) is 7.63. The number of nitrogens with zero attached hydrogens (tertiary/aromatic N) is 2. The van der Waals surface area contributed by atoms with Crippen molar-refractivity contribution in [3.8, 4) is 0 Å². The number of nitrogens with two attached hydrogens (primary N) is 1. The number of aromatic nitrogens is 2. The monoisotopic (exact) mass is 295 g/mol. The Labute approximate surface area is 122 Å². The number of nitrogen functional groups attached to an aromatic ring is 1. The molecule has 3 rings (SSSR count). The third-order valence-electron chi connectivity index (χ3n) is 4.29. The highest BCUT2D eigenvalue weighted by atomic mass is 35.5. The number of halogens is 2. The minimum atomic E-state index is -0.449. The number of hydrogen-bond donors (Lipinski definition) is 1. The van der Waals surface area contributed by atoms with Gasteiger partial charge in [0.15, 0.2) is 0 Å². The summed E-state index contributed by atoms with van der Waals surface area (Å²) in [6.07, 6.45) is 7.77. The number of imidazole rings is 1. The molecular weight excluding hydrogens is 277 g/mol. The number of hydrogen-bond acceptors (Lipinski definition) is 2. The second kappa shape index (κ2) is 5.60. The highest BCUT2D eigenvalue weighted by molar-refractivity contribution is 6.31. The molecule has 5 heteroatoms. The van der Waals surface area contributed by atoms with Gasteiger partial charge in [-0.1, -0.05) is 37.3 Å². The van der Waals surface area contributed by atoms with Gasteiger partial charge in [0.2, 0.25) is 5.95 Å². The van der Waals surface area contributed by atoms with Crippen molar-refractivity contribution in [2.24, 2.45) is 5.92 Å². The molecule has 2 aromatic rings. The lowest BCUT2D eigenvalue weighted by Crippen LogP contribution is -2.05. The summed E-state index contributed by atoms with van der Waals surface area (Å²) in [7, 11) is 0. The van der Waals surface area contributed by atoms with Crippen LogP contribution >= 0.6 is 11.6 Å². The number of benzene rings is 1. The van der Waals surface area contributed by atoms with E-state index in [1.807, 2.05) is 4.57 Å². The molecular formula is C15H19ClFN3.